The number of amides is 1. The quantitative estimate of drug-likeness (QED) is 0.856. The van der Waals surface area contributed by atoms with Crippen molar-refractivity contribution in [3.05, 3.63) is 29.8 Å². The van der Waals surface area contributed by atoms with Crippen LogP contribution in [0.25, 0.3) is 0 Å². The van der Waals surface area contributed by atoms with Gasteiger partial charge in [0.05, 0.1) is 11.5 Å². The summed E-state index contributed by atoms with van der Waals surface area (Å²) >= 11 is 0. The normalized spacial score (nSPS) is 13.2. The van der Waals surface area contributed by atoms with Gasteiger partial charge in [0.1, 0.15) is 0 Å². The summed E-state index contributed by atoms with van der Waals surface area (Å²) in [7, 11) is 0. The molecule has 0 saturated heterocycles. The lowest BCUT2D eigenvalue weighted by atomic mass is 10.1. The zero-order valence-corrected chi connectivity index (χ0v) is 9.21. The minimum Gasteiger partial charge on any atom is -0.384 e. The number of hydrogen-bond donors (Lipinski definition) is 2. The van der Waals surface area contributed by atoms with Crippen molar-refractivity contribution in [3.8, 4) is 0 Å². The summed E-state index contributed by atoms with van der Waals surface area (Å²) in [5.41, 5.74) is 4.22. The average Bonchev–Trinajstić information content (AvgIpc) is 2.24. The maximum Gasteiger partial charge on any atom is 0.418 e. The standard InChI is InChI=1S/C11H13F3N2O/c1-7(10(15)17)6-16-9-5-3-2-4-8(9)11(12,13)14/h2-5,7,16H,6H2,1H3,(H2,15,17). The number of halogens is 3. The Bertz CT molecular complexity index is 404. The van der Waals surface area contributed by atoms with Gasteiger partial charge in [-0.15, -0.1) is 0 Å². The first kappa shape index (κ1) is 13.3. The smallest absolute Gasteiger partial charge is 0.384 e. The van der Waals surface area contributed by atoms with Gasteiger partial charge < -0.3 is 11.1 Å². The van der Waals surface area contributed by atoms with Gasteiger partial charge in [-0.1, -0.05) is 19.1 Å². The van der Waals surface area contributed by atoms with E-state index in [0.717, 1.165) is 6.07 Å². The van der Waals surface area contributed by atoms with Gasteiger partial charge in [0.2, 0.25) is 5.91 Å². The molecule has 6 heteroatoms. The van der Waals surface area contributed by atoms with E-state index < -0.39 is 23.6 Å². The van der Waals surface area contributed by atoms with Crippen LogP contribution in [-0.2, 0) is 11.0 Å². The number of para-hydroxylation sites is 1. The van der Waals surface area contributed by atoms with E-state index in [0.29, 0.717) is 0 Å². The maximum atomic E-state index is 12.6. The predicted molar refractivity (Wildman–Crippen MR) is 58.3 cm³/mol. The molecule has 3 N–H and O–H groups in total. The van der Waals surface area contributed by atoms with Gasteiger partial charge in [-0.05, 0) is 12.1 Å². The highest BCUT2D eigenvalue weighted by atomic mass is 19.4. The molecule has 0 aliphatic heterocycles. The van der Waals surface area contributed by atoms with Gasteiger partial charge in [0, 0.05) is 12.2 Å². The number of carbonyl (C=O) groups excluding carboxylic acids is 1. The second kappa shape index (κ2) is 5.07. The third-order valence-corrected chi connectivity index (χ3v) is 2.32. The summed E-state index contributed by atoms with van der Waals surface area (Å²) in [5.74, 6) is -1.08. The molecule has 1 unspecified atom stereocenters. The first-order valence-electron chi connectivity index (χ1n) is 5.01. The second-order valence-electron chi connectivity index (χ2n) is 3.73. The number of rotatable bonds is 4. The van der Waals surface area contributed by atoms with Gasteiger partial charge in [-0.2, -0.15) is 13.2 Å². The van der Waals surface area contributed by atoms with Crippen molar-refractivity contribution in [1.82, 2.24) is 0 Å². The van der Waals surface area contributed by atoms with Gasteiger partial charge in [0.25, 0.3) is 0 Å². The van der Waals surface area contributed by atoms with Crippen LogP contribution in [0.5, 0.6) is 0 Å². The van der Waals surface area contributed by atoms with E-state index in [-0.39, 0.29) is 12.2 Å². The molecule has 0 radical (unpaired) electrons. The number of hydrogen-bond acceptors (Lipinski definition) is 2. The number of nitrogens with two attached hydrogens (primary N) is 1. The van der Waals surface area contributed by atoms with Gasteiger partial charge in [0.15, 0.2) is 0 Å². The third kappa shape index (κ3) is 3.65. The first-order valence-corrected chi connectivity index (χ1v) is 5.01. The largest absolute Gasteiger partial charge is 0.418 e. The molecule has 1 aromatic carbocycles. The summed E-state index contributed by atoms with van der Waals surface area (Å²) in [4.78, 5) is 10.8. The fourth-order valence-electron chi connectivity index (χ4n) is 1.25. The molecule has 0 bridgehead atoms. The molecule has 3 nitrogen and oxygen atoms in total. The van der Waals surface area contributed by atoms with Crippen LogP contribution < -0.4 is 11.1 Å². The second-order valence-corrected chi connectivity index (χ2v) is 3.73. The van der Waals surface area contributed by atoms with E-state index >= 15 is 0 Å². The summed E-state index contributed by atoms with van der Waals surface area (Å²) in [6, 6.07) is 5.10. The van der Waals surface area contributed by atoms with E-state index in [2.05, 4.69) is 5.32 Å². The minimum atomic E-state index is -4.42. The van der Waals surface area contributed by atoms with E-state index in [1.165, 1.54) is 18.2 Å². The van der Waals surface area contributed by atoms with Crippen LogP contribution in [0.15, 0.2) is 24.3 Å². The Morgan fingerprint density at radius 2 is 2.00 bits per heavy atom. The molecule has 17 heavy (non-hydrogen) atoms. The van der Waals surface area contributed by atoms with Crippen LogP contribution >= 0.6 is 0 Å². The molecule has 1 atom stereocenters. The van der Waals surface area contributed by atoms with Crippen LogP contribution in [0, 0.1) is 5.92 Å². The molecule has 0 heterocycles. The SMILES string of the molecule is CC(CNc1ccccc1C(F)(F)F)C(N)=O. The average molecular weight is 246 g/mol. The van der Waals surface area contributed by atoms with Crippen molar-refractivity contribution in [1.29, 1.82) is 0 Å². The van der Waals surface area contributed by atoms with Crippen LogP contribution in [0.4, 0.5) is 18.9 Å². The molecule has 0 aliphatic carbocycles. The van der Waals surface area contributed by atoms with Crippen molar-refractivity contribution in [2.24, 2.45) is 11.7 Å². The van der Waals surface area contributed by atoms with E-state index in [1.54, 1.807) is 6.92 Å². The number of anilines is 1. The first-order chi connectivity index (χ1) is 7.82. The van der Waals surface area contributed by atoms with E-state index in [4.69, 9.17) is 5.73 Å². The van der Waals surface area contributed by atoms with Gasteiger partial charge in [-0.3, -0.25) is 4.79 Å². The molecule has 0 aliphatic rings. The highest BCUT2D eigenvalue weighted by molar-refractivity contribution is 5.76. The number of nitrogens with one attached hydrogen (secondary N) is 1. The van der Waals surface area contributed by atoms with Crippen LogP contribution in [0.2, 0.25) is 0 Å². The zero-order chi connectivity index (χ0) is 13.1. The van der Waals surface area contributed by atoms with Gasteiger partial charge >= 0.3 is 6.18 Å². The molecule has 1 amide bonds. The molecule has 0 saturated carbocycles. The molecule has 94 valence electrons. The zero-order valence-electron chi connectivity index (χ0n) is 9.21. The third-order valence-electron chi connectivity index (χ3n) is 2.32. The molecule has 0 fully saturated rings. The van der Waals surface area contributed by atoms with Gasteiger partial charge in [-0.25, -0.2) is 0 Å². The predicted octanol–water partition coefficient (Wildman–Crippen LogP) is 2.24. The fraction of sp³-hybridized carbons (Fsp3) is 0.364. The maximum absolute atomic E-state index is 12.6. The molecule has 1 rings (SSSR count). The Morgan fingerprint density at radius 1 is 1.41 bits per heavy atom. The lowest BCUT2D eigenvalue weighted by Gasteiger charge is -2.15. The lowest BCUT2D eigenvalue weighted by Crippen LogP contribution is -2.27. The minimum absolute atomic E-state index is 0.0481. The topological polar surface area (TPSA) is 55.1 Å². The van der Waals surface area contributed by atoms with Crippen molar-refractivity contribution in [3.63, 3.8) is 0 Å². The molecule has 0 spiro atoms. The molecule has 1 aromatic rings. The fourth-order valence-corrected chi connectivity index (χ4v) is 1.25. The summed E-state index contributed by atoms with van der Waals surface area (Å²) in [6.45, 7) is 1.62. The summed E-state index contributed by atoms with van der Waals surface area (Å²) in [6.07, 6.45) is -4.42. The van der Waals surface area contributed by atoms with Crippen LogP contribution in [0.3, 0.4) is 0 Å². The summed E-state index contributed by atoms with van der Waals surface area (Å²) in [5, 5.41) is 2.58. The monoisotopic (exact) mass is 246 g/mol. The Morgan fingerprint density at radius 3 is 2.53 bits per heavy atom. The van der Waals surface area contributed by atoms with E-state index in [9.17, 15) is 18.0 Å². The Kier molecular flexibility index (Phi) is 3.98. The highest BCUT2D eigenvalue weighted by Crippen LogP contribution is 2.34. The lowest BCUT2D eigenvalue weighted by molar-refractivity contribution is -0.137. The summed E-state index contributed by atoms with van der Waals surface area (Å²) < 4.78 is 37.8. The number of primary amides is 1. The molecular formula is C11H13F3N2O. The highest BCUT2D eigenvalue weighted by Gasteiger charge is 2.33. The Balaban J connectivity index is 2.81. The Hall–Kier alpha value is -1.72. The van der Waals surface area contributed by atoms with Crippen LogP contribution in [0.1, 0.15) is 12.5 Å². The molecule has 0 aromatic heterocycles. The van der Waals surface area contributed by atoms with Crippen molar-refractivity contribution in [2.45, 2.75) is 13.1 Å². The molecular weight excluding hydrogens is 233 g/mol. The number of alkyl halides is 3. The van der Waals surface area contributed by atoms with Crippen LogP contribution in [-0.4, -0.2) is 12.5 Å². The number of benzene rings is 1. The number of carbonyl (C=O) groups is 1. The van der Waals surface area contributed by atoms with Crippen molar-refractivity contribution < 1.29 is 18.0 Å². The van der Waals surface area contributed by atoms with Crippen molar-refractivity contribution in [2.75, 3.05) is 11.9 Å². The Labute approximate surface area is 96.8 Å². The van der Waals surface area contributed by atoms with E-state index in [1.807, 2.05) is 0 Å². The van der Waals surface area contributed by atoms with Crippen molar-refractivity contribution >= 4 is 11.6 Å².